The van der Waals surface area contributed by atoms with Crippen LogP contribution >= 0.6 is 0 Å². The maximum absolute atomic E-state index is 12.4. The summed E-state index contributed by atoms with van der Waals surface area (Å²) in [7, 11) is -3.74. The monoisotopic (exact) mass is 332 g/mol. The Hall–Kier alpha value is -2.18. The minimum absolute atomic E-state index is 0.0411. The second-order valence-corrected chi connectivity index (χ2v) is 6.84. The molecule has 3 N–H and O–H groups in total. The lowest BCUT2D eigenvalue weighted by Crippen LogP contribution is -2.28. The van der Waals surface area contributed by atoms with E-state index >= 15 is 0 Å². The summed E-state index contributed by atoms with van der Waals surface area (Å²) in [6.07, 6.45) is 0.688. The minimum Gasteiger partial charge on any atom is -0.351 e. The normalized spacial score (nSPS) is 12.6. The van der Waals surface area contributed by atoms with Crippen LogP contribution in [0.25, 0.3) is 0 Å². The molecule has 0 unspecified atom stereocenters. The first-order valence-electron chi connectivity index (χ1n) is 7.36. The van der Waals surface area contributed by atoms with Gasteiger partial charge in [0.1, 0.15) is 0 Å². The van der Waals surface area contributed by atoms with E-state index in [1.54, 1.807) is 12.1 Å². The molecule has 0 aliphatic heterocycles. The molecule has 2 rings (SSSR count). The molecule has 1 atom stereocenters. The van der Waals surface area contributed by atoms with E-state index < -0.39 is 10.0 Å². The molecule has 0 heterocycles. The fourth-order valence-corrected chi connectivity index (χ4v) is 2.99. The molecule has 0 spiro atoms. The summed E-state index contributed by atoms with van der Waals surface area (Å²) in [5.74, 6) is -0.308. The molecule has 2 aromatic rings. The predicted octanol–water partition coefficient (Wildman–Crippen LogP) is 2.14. The van der Waals surface area contributed by atoms with Gasteiger partial charge < -0.3 is 5.32 Å². The zero-order valence-electron chi connectivity index (χ0n) is 12.9. The number of carbonyl (C=O) groups is 1. The van der Waals surface area contributed by atoms with E-state index in [-0.39, 0.29) is 23.3 Å². The number of primary sulfonamides is 1. The molecule has 6 heteroatoms. The van der Waals surface area contributed by atoms with Crippen molar-refractivity contribution >= 4 is 15.9 Å². The molecule has 23 heavy (non-hydrogen) atoms. The average Bonchev–Trinajstić information content (AvgIpc) is 2.54. The predicted molar refractivity (Wildman–Crippen MR) is 89.1 cm³/mol. The van der Waals surface area contributed by atoms with Crippen LogP contribution in [-0.4, -0.2) is 14.3 Å². The number of sulfonamides is 1. The standard InChI is InChI=1S/C17H20N2O3S/c1-2-16(14-8-4-3-5-9-14)17(20)19-12-13-7-6-10-15(11-13)23(18,21)22/h3-11,16H,2,12H2,1H3,(H,19,20)(H2,18,21,22)/t16-/m0/s1. The van der Waals surface area contributed by atoms with Gasteiger partial charge in [-0.15, -0.1) is 0 Å². The summed E-state index contributed by atoms with van der Waals surface area (Å²) < 4.78 is 22.7. The highest BCUT2D eigenvalue weighted by molar-refractivity contribution is 7.89. The lowest BCUT2D eigenvalue weighted by Gasteiger charge is -2.15. The van der Waals surface area contributed by atoms with E-state index in [1.165, 1.54) is 12.1 Å². The van der Waals surface area contributed by atoms with E-state index in [4.69, 9.17) is 5.14 Å². The molecular weight excluding hydrogens is 312 g/mol. The van der Waals surface area contributed by atoms with Crippen molar-refractivity contribution in [1.29, 1.82) is 0 Å². The van der Waals surface area contributed by atoms with E-state index in [9.17, 15) is 13.2 Å². The van der Waals surface area contributed by atoms with Crippen LogP contribution in [0.2, 0.25) is 0 Å². The van der Waals surface area contributed by atoms with Gasteiger partial charge in [0.05, 0.1) is 10.8 Å². The van der Waals surface area contributed by atoms with Crippen LogP contribution in [-0.2, 0) is 21.4 Å². The highest BCUT2D eigenvalue weighted by Gasteiger charge is 2.18. The van der Waals surface area contributed by atoms with Crippen molar-refractivity contribution in [2.45, 2.75) is 30.7 Å². The van der Waals surface area contributed by atoms with Gasteiger partial charge in [0, 0.05) is 6.54 Å². The van der Waals surface area contributed by atoms with Gasteiger partial charge in [0.2, 0.25) is 15.9 Å². The third-order valence-corrected chi connectivity index (χ3v) is 4.53. The van der Waals surface area contributed by atoms with Crippen LogP contribution in [0.4, 0.5) is 0 Å². The molecular formula is C17H20N2O3S. The molecule has 0 aliphatic rings. The smallest absolute Gasteiger partial charge is 0.238 e. The minimum atomic E-state index is -3.74. The molecule has 0 saturated heterocycles. The zero-order valence-corrected chi connectivity index (χ0v) is 13.7. The third kappa shape index (κ3) is 4.64. The number of benzene rings is 2. The Labute approximate surface area is 136 Å². The van der Waals surface area contributed by atoms with Gasteiger partial charge >= 0.3 is 0 Å². The van der Waals surface area contributed by atoms with Crippen LogP contribution in [0.1, 0.15) is 30.4 Å². The van der Waals surface area contributed by atoms with E-state index in [0.717, 1.165) is 5.56 Å². The lowest BCUT2D eigenvalue weighted by atomic mass is 9.95. The van der Waals surface area contributed by atoms with Crippen LogP contribution in [0.5, 0.6) is 0 Å². The van der Waals surface area contributed by atoms with Crippen LogP contribution in [0.3, 0.4) is 0 Å². The molecule has 2 aromatic carbocycles. The first-order valence-corrected chi connectivity index (χ1v) is 8.91. The first kappa shape index (κ1) is 17.2. The number of nitrogens with two attached hydrogens (primary N) is 1. The van der Waals surface area contributed by atoms with E-state index in [1.807, 2.05) is 37.3 Å². The molecule has 0 radical (unpaired) electrons. The summed E-state index contributed by atoms with van der Waals surface area (Å²) in [5, 5.41) is 7.96. The number of carbonyl (C=O) groups excluding carboxylic acids is 1. The highest BCUT2D eigenvalue weighted by Crippen LogP contribution is 2.19. The second-order valence-electron chi connectivity index (χ2n) is 5.28. The van der Waals surface area contributed by atoms with Gasteiger partial charge in [-0.05, 0) is 29.7 Å². The average molecular weight is 332 g/mol. The van der Waals surface area contributed by atoms with Crippen LogP contribution < -0.4 is 10.5 Å². The third-order valence-electron chi connectivity index (χ3n) is 3.62. The Bertz CT molecular complexity index is 773. The van der Waals surface area contributed by atoms with Crippen molar-refractivity contribution in [3.63, 3.8) is 0 Å². The fourth-order valence-electron chi connectivity index (χ4n) is 2.40. The molecule has 0 bridgehead atoms. The Morgan fingerprint density at radius 2 is 1.83 bits per heavy atom. The highest BCUT2D eigenvalue weighted by atomic mass is 32.2. The second kappa shape index (κ2) is 7.39. The topological polar surface area (TPSA) is 89.3 Å². The van der Waals surface area contributed by atoms with Crippen molar-refractivity contribution in [2.24, 2.45) is 5.14 Å². The summed E-state index contributed by atoms with van der Waals surface area (Å²) in [6.45, 7) is 2.21. The van der Waals surface area contributed by atoms with Gasteiger partial charge in [0.15, 0.2) is 0 Å². The van der Waals surface area contributed by atoms with Crippen molar-refractivity contribution < 1.29 is 13.2 Å². The molecule has 0 aliphatic carbocycles. The summed E-state index contributed by atoms with van der Waals surface area (Å²) in [6, 6.07) is 15.8. The molecule has 5 nitrogen and oxygen atoms in total. The van der Waals surface area contributed by atoms with Crippen LogP contribution in [0.15, 0.2) is 59.5 Å². The first-order chi connectivity index (χ1) is 10.9. The SMILES string of the molecule is CC[C@H](C(=O)NCc1cccc(S(N)(=O)=O)c1)c1ccccc1. The van der Waals surface area contributed by atoms with Gasteiger partial charge in [-0.3, -0.25) is 4.79 Å². The number of hydrogen-bond acceptors (Lipinski definition) is 3. The van der Waals surface area contributed by atoms with Crippen molar-refractivity contribution in [3.8, 4) is 0 Å². The Morgan fingerprint density at radius 3 is 2.43 bits per heavy atom. The number of amides is 1. The molecule has 1 amide bonds. The van der Waals surface area contributed by atoms with Crippen molar-refractivity contribution in [1.82, 2.24) is 5.32 Å². The van der Waals surface area contributed by atoms with Gasteiger partial charge in [-0.1, -0.05) is 49.4 Å². The Morgan fingerprint density at radius 1 is 1.13 bits per heavy atom. The van der Waals surface area contributed by atoms with Crippen molar-refractivity contribution in [3.05, 3.63) is 65.7 Å². The van der Waals surface area contributed by atoms with Gasteiger partial charge in [0.25, 0.3) is 0 Å². The number of rotatable bonds is 6. The molecule has 0 aromatic heterocycles. The molecule has 0 saturated carbocycles. The Kier molecular flexibility index (Phi) is 5.52. The molecule has 122 valence electrons. The maximum Gasteiger partial charge on any atom is 0.238 e. The summed E-state index contributed by atoms with van der Waals surface area (Å²) in [5.41, 5.74) is 1.65. The number of nitrogens with one attached hydrogen (secondary N) is 1. The number of hydrogen-bond donors (Lipinski definition) is 2. The quantitative estimate of drug-likeness (QED) is 0.849. The van der Waals surface area contributed by atoms with E-state index in [2.05, 4.69) is 5.32 Å². The largest absolute Gasteiger partial charge is 0.351 e. The maximum atomic E-state index is 12.4. The molecule has 0 fully saturated rings. The van der Waals surface area contributed by atoms with Gasteiger partial charge in [-0.25, -0.2) is 13.6 Å². The fraction of sp³-hybridized carbons (Fsp3) is 0.235. The zero-order chi connectivity index (χ0) is 16.9. The van der Waals surface area contributed by atoms with E-state index in [0.29, 0.717) is 12.0 Å². The Balaban J connectivity index is 2.07. The summed E-state index contributed by atoms with van der Waals surface area (Å²) in [4.78, 5) is 12.4. The van der Waals surface area contributed by atoms with Gasteiger partial charge in [-0.2, -0.15) is 0 Å². The van der Waals surface area contributed by atoms with Crippen LogP contribution in [0, 0.1) is 0 Å². The van der Waals surface area contributed by atoms with Crippen molar-refractivity contribution in [2.75, 3.05) is 0 Å². The lowest BCUT2D eigenvalue weighted by molar-refractivity contribution is -0.122. The summed E-state index contributed by atoms with van der Waals surface area (Å²) >= 11 is 0.